The van der Waals surface area contributed by atoms with Crippen molar-refractivity contribution >= 4 is 30.2 Å². The summed E-state index contributed by atoms with van der Waals surface area (Å²) in [4.78, 5) is 62.2. The molecule has 2 rings (SSSR count). The van der Waals surface area contributed by atoms with Crippen LogP contribution >= 0.6 is 0 Å². The average molecular weight is 468 g/mol. The van der Waals surface area contributed by atoms with Crippen molar-refractivity contribution in [3.05, 3.63) is 64.2 Å². The van der Waals surface area contributed by atoms with Gasteiger partial charge in [-0.2, -0.15) is 0 Å². The van der Waals surface area contributed by atoms with Crippen LogP contribution in [0.15, 0.2) is 36.4 Å². The van der Waals surface area contributed by atoms with E-state index in [0.29, 0.717) is 23.7 Å². The predicted octanol–water partition coefficient (Wildman–Crippen LogP) is 1.65. The second-order valence-electron chi connectivity index (χ2n) is 7.85. The van der Waals surface area contributed by atoms with E-state index in [0.717, 1.165) is 0 Å². The number of nitrogens with zero attached hydrogens (tertiary/aromatic N) is 1. The third-order valence-corrected chi connectivity index (χ3v) is 5.52. The van der Waals surface area contributed by atoms with Crippen molar-refractivity contribution in [2.75, 3.05) is 20.6 Å². The zero-order chi connectivity index (χ0) is 25.3. The Hall–Kier alpha value is -3.85. The summed E-state index contributed by atoms with van der Waals surface area (Å²) in [5.74, 6) is -1.25. The van der Waals surface area contributed by atoms with Gasteiger partial charge in [0, 0.05) is 31.1 Å². The number of phenols is 1. The third-order valence-electron chi connectivity index (χ3n) is 5.52. The minimum atomic E-state index is -0.831. The molecule has 2 amide bonds. The van der Waals surface area contributed by atoms with Crippen LogP contribution in [0.3, 0.4) is 0 Å². The van der Waals surface area contributed by atoms with E-state index >= 15 is 0 Å². The smallest absolute Gasteiger partial charge is 0.254 e. The Morgan fingerprint density at radius 1 is 1.15 bits per heavy atom. The van der Waals surface area contributed by atoms with Crippen molar-refractivity contribution in [2.45, 2.75) is 32.4 Å². The van der Waals surface area contributed by atoms with Crippen LogP contribution < -0.4 is 10.6 Å². The number of likely N-dealkylation sites (N-methyl/N-ethyl adjacent to an activating group) is 2. The summed E-state index contributed by atoms with van der Waals surface area (Å²) in [6.45, 7) is 1.71. The molecular formula is C25H29N3O6. The van der Waals surface area contributed by atoms with Gasteiger partial charge < -0.3 is 25.4 Å². The number of hydrogen-bond acceptors (Lipinski definition) is 7. The molecule has 9 heteroatoms. The molecule has 1 atom stereocenters. The van der Waals surface area contributed by atoms with E-state index in [1.54, 1.807) is 38.2 Å². The largest absolute Gasteiger partial charge is 0.508 e. The summed E-state index contributed by atoms with van der Waals surface area (Å²) in [7, 11) is 3.06. The van der Waals surface area contributed by atoms with Crippen molar-refractivity contribution in [1.82, 2.24) is 15.5 Å². The Morgan fingerprint density at radius 3 is 2.50 bits per heavy atom. The summed E-state index contributed by atoms with van der Waals surface area (Å²) < 4.78 is 0. The minimum Gasteiger partial charge on any atom is -0.508 e. The maximum absolute atomic E-state index is 13.2. The Morgan fingerprint density at radius 2 is 1.88 bits per heavy atom. The molecule has 3 N–H and O–H groups in total. The van der Waals surface area contributed by atoms with Gasteiger partial charge >= 0.3 is 0 Å². The number of phenolic OH excluding ortho intramolecular Hbond substituents is 1. The lowest BCUT2D eigenvalue weighted by atomic mass is 9.98. The zero-order valence-electron chi connectivity index (χ0n) is 19.5. The van der Waals surface area contributed by atoms with Gasteiger partial charge in [-0.15, -0.1) is 0 Å². The summed E-state index contributed by atoms with van der Waals surface area (Å²) in [5.41, 5.74) is 1.50. The number of ketones is 1. The summed E-state index contributed by atoms with van der Waals surface area (Å²) in [6.07, 6.45) is 1.50. The molecule has 0 radical (unpaired) electrons. The number of aldehydes is 2. The highest BCUT2D eigenvalue weighted by Crippen LogP contribution is 2.19. The summed E-state index contributed by atoms with van der Waals surface area (Å²) in [6, 6.07) is 8.38. The molecule has 0 saturated heterocycles. The predicted molar refractivity (Wildman–Crippen MR) is 126 cm³/mol. The quantitative estimate of drug-likeness (QED) is 0.404. The molecule has 9 nitrogen and oxygen atoms in total. The molecule has 1 unspecified atom stereocenters. The molecule has 0 aliphatic carbocycles. The number of carbonyl (C=O) groups is 5. The lowest BCUT2D eigenvalue weighted by molar-refractivity contribution is -0.122. The molecule has 34 heavy (non-hydrogen) atoms. The van der Waals surface area contributed by atoms with Crippen LogP contribution in [-0.2, 0) is 16.1 Å². The van der Waals surface area contributed by atoms with Gasteiger partial charge in [0.25, 0.3) is 11.8 Å². The van der Waals surface area contributed by atoms with Crippen LogP contribution in [0.4, 0.5) is 0 Å². The number of benzene rings is 2. The molecule has 0 saturated carbocycles. The van der Waals surface area contributed by atoms with Crippen molar-refractivity contribution in [1.29, 1.82) is 0 Å². The molecule has 0 fully saturated rings. The van der Waals surface area contributed by atoms with E-state index in [1.165, 1.54) is 24.1 Å². The first-order valence-corrected chi connectivity index (χ1v) is 10.8. The number of rotatable bonds is 12. The van der Waals surface area contributed by atoms with Gasteiger partial charge in [0.05, 0.1) is 18.2 Å². The lowest BCUT2D eigenvalue weighted by Gasteiger charge is -2.27. The number of carbonyl (C=O) groups excluding carboxylic acids is 5. The number of hydrogen-bond donors (Lipinski definition) is 3. The minimum absolute atomic E-state index is 0.00573. The SMILES string of the molecule is CNCC(=O)C(CCC=O)N(C)C(=O)c1cccc(CNC(=O)c2ccc(C)c(O)c2)c1C=O. The molecule has 0 aromatic heterocycles. The van der Waals surface area contributed by atoms with Crippen molar-refractivity contribution in [3.63, 3.8) is 0 Å². The molecule has 2 aromatic rings. The van der Waals surface area contributed by atoms with Gasteiger partial charge in [-0.25, -0.2) is 0 Å². The highest BCUT2D eigenvalue weighted by atomic mass is 16.3. The third kappa shape index (κ3) is 6.35. The maximum atomic E-state index is 13.2. The molecule has 0 aliphatic heterocycles. The van der Waals surface area contributed by atoms with E-state index in [-0.39, 0.29) is 54.2 Å². The Labute approximate surface area is 198 Å². The van der Waals surface area contributed by atoms with Crippen LogP contribution in [0, 0.1) is 6.92 Å². The van der Waals surface area contributed by atoms with Gasteiger partial charge in [-0.05, 0) is 49.7 Å². The van der Waals surface area contributed by atoms with Gasteiger partial charge in [0.15, 0.2) is 12.1 Å². The summed E-state index contributed by atoms with van der Waals surface area (Å²) in [5, 5.41) is 15.3. The number of Topliss-reactive ketones (excluding diaryl/α,β-unsaturated/α-hetero) is 1. The molecule has 0 heterocycles. The fraction of sp³-hybridized carbons (Fsp3) is 0.320. The molecule has 2 aromatic carbocycles. The van der Waals surface area contributed by atoms with Crippen LogP contribution in [0.2, 0.25) is 0 Å². The first kappa shape index (κ1) is 26.4. The molecule has 180 valence electrons. The standard InChI is InChI=1S/C25H29N3O6/c1-16-9-10-17(12-22(16)31)24(33)27-13-18-6-4-7-19(20(18)15-30)25(34)28(3)21(8-5-11-29)23(32)14-26-2/h4,6-7,9-12,15,21,26,31H,5,8,13-14H2,1-3H3,(H,27,33). The van der Waals surface area contributed by atoms with E-state index in [1.807, 2.05) is 0 Å². The fourth-order valence-corrected chi connectivity index (χ4v) is 3.54. The van der Waals surface area contributed by atoms with E-state index in [9.17, 15) is 29.1 Å². The molecular weight excluding hydrogens is 438 g/mol. The van der Waals surface area contributed by atoms with Crippen LogP contribution in [-0.4, -0.2) is 66.9 Å². The first-order valence-electron chi connectivity index (χ1n) is 10.8. The van der Waals surface area contributed by atoms with Crippen LogP contribution in [0.25, 0.3) is 0 Å². The van der Waals surface area contributed by atoms with Gasteiger partial charge in [0.2, 0.25) is 0 Å². The van der Waals surface area contributed by atoms with E-state index in [2.05, 4.69) is 10.6 Å². The second-order valence-corrected chi connectivity index (χ2v) is 7.85. The van der Waals surface area contributed by atoms with Gasteiger partial charge in [-0.1, -0.05) is 18.2 Å². The molecule has 0 aliphatic rings. The molecule has 0 bridgehead atoms. The van der Waals surface area contributed by atoms with Gasteiger partial charge in [-0.3, -0.25) is 19.2 Å². The van der Waals surface area contributed by atoms with Gasteiger partial charge in [0.1, 0.15) is 12.0 Å². The van der Waals surface area contributed by atoms with E-state index in [4.69, 9.17) is 0 Å². The van der Waals surface area contributed by atoms with Crippen molar-refractivity contribution in [2.24, 2.45) is 0 Å². The van der Waals surface area contributed by atoms with Crippen molar-refractivity contribution < 1.29 is 29.1 Å². The number of aryl methyl sites for hydroxylation is 1. The maximum Gasteiger partial charge on any atom is 0.254 e. The fourth-order valence-electron chi connectivity index (χ4n) is 3.54. The molecule has 0 spiro atoms. The average Bonchev–Trinajstić information content (AvgIpc) is 2.83. The lowest BCUT2D eigenvalue weighted by Crippen LogP contribution is -2.45. The second kappa shape index (κ2) is 12.4. The first-order chi connectivity index (χ1) is 16.2. The highest BCUT2D eigenvalue weighted by Gasteiger charge is 2.28. The summed E-state index contributed by atoms with van der Waals surface area (Å²) >= 11 is 0. The highest BCUT2D eigenvalue weighted by molar-refractivity contribution is 6.04. The Balaban J connectivity index is 2.26. The topological polar surface area (TPSA) is 133 Å². The Bertz CT molecular complexity index is 1080. The van der Waals surface area contributed by atoms with E-state index < -0.39 is 17.9 Å². The monoisotopic (exact) mass is 467 g/mol. The number of amides is 2. The van der Waals surface area contributed by atoms with Crippen LogP contribution in [0.5, 0.6) is 5.75 Å². The van der Waals surface area contributed by atoms with Crippen LogP contribution in [0.1, 0.15) is 55.0 Å². The van der Waals surface area contributed by atoms with Crippen molar-refractivity contribution in [3.8, 4) is 5.75 Å². The number of nitrogens with one attached hydrogen (secondary N) is 2. The zero-order valence-corrected chi connectivity index (χ0v) is 19.5. The Kier molecular flexibility index (Phi) is 9.63. The number of aromatic hydroxyl groups is 1. The normalized spacial score (nSPS) is 11.4.